The van der Waals surface area contributed by atoms with E-state index in [-0.39, 0.29) is 18.0 Å². The molecule has 1 heterocycles. The average Bonchev–Trinajstić information content (AvgIpc) is 2.18. The number of amides is 1. The van der Waals surface area contributed by atoms with Crippen molar-refractivity contribution in [2.75, 3.05) is 19.8 Å². The van der Waals surface area contributed by atoms with Gasteiger partial charge in [-0.05, 0) is 13.8 Å². The van der Waals surface area contributed by atoms with E-state index in [0.29, 0.717) is 26.2 Å². The maximum absolute atomic E-state index is 11.6. The number of hydrogen-bond donors (Lipinski definition) is 1. The van der Waals surface area contributed by atoms with Crippen LogP contribution in [0.3, 0.4) is 0 Å². The zero-order chi connectivity index (χ0) is 9.84. The van der Waals surface area contributed by atoms with Crippen LogP contribution in [0.5, 0.6) is 0 Å². The Morgan fingerprint density at radius 2 is 2.46 bits per heavy atom. The van der Waals surface area contributed by atoms with E-state index >= 15 is 0 Å². The molecular formula is C9H18N2O2. The zero-order valence-corrected chi connectivity index (χ0v) is 8.32. The molecule has 0 aromatic carbocycles. The van der Waals surface area contributed by atoms with Gasteiger partial charge in [0.25, 0.3) is 0 Å². The molecule has 1 aliphatic heterocycles. The van der Waals surface area contributed by atoms with Gasteiger partial charge in [0.1, 0.15) is 0 Å². The van der Waals surface area contributed by atoms with Gasteiger partial charge < -0.3 is 15.4 Å². The second kappa shape index (κ2) is 4.58. The van der Waals surface area contributed by atoms with E-state index in [0.717, 1.165) is 0 Å². The van der Waals surface area contributed by atoms with Crippen LogP contribution in [-0.4, -0.2) is 42.6 Å². The maximum atomic E-state index is 11.6. The van der Waals surface area contributed by atoms with Crippen molar-refractivity contribution in [1.82, 2.24) is 4.90 Å². The van der Waals surface area contributed by atoms with Crippen LogP contribution in [0.1, 0.15) is 20.3 Å². The summed E-state index contributed by atoms with van der Waals surface area (Å²) in [6.45, 7) is 5.69. The van der Waals surface area contributed by atoms with Crippen molar-refractivity contribution in [3.63, 3.8) is 0 Å². The van der Waals surface area contributed by atoms with Crippen LogP contribution in [0.25, 0.3) is 0 Å². The number of hydrogen-bond acceptors (Lipinski definition) is 3. The molecule has 0 spiro atoms. The van der Waals surface area contributed by atoms with E-state index in [9.17, 15) is 4.79 Å². The van der Waals surface area contributed by atoms with Gasteiger partial charge >= 0.3 is 0 Å². The Labute approximate surface area is 79.0 Å². The van der Waals surface area contributed by atoms with Crippen LogP contribution in [0.4, 0.5) is 0 Å². The minimum atomic E-state index is 0.0319. The zero-order valence-electron chi connectivity index (χ0n) is 8.32. The second-order valence-electron chi connectivity index (χ2n) is 3.70. The highest BCUT2D eigenvalue weighted by molar-refractivity contribution is 5.76. The minimum Gasteiger partial charge on any atom is -0.379 e. The minimum absolute atomic E-state index is 0.0319. The number of carbonyl (C=O) groups is 1. The Morgan fingerprint density at radius 3 is 3.08 bits per heavy atom. The van der Waals surface area contributed by atoms with Gasteiger partial charge in [0, 0.05) is 12.6 Å². The van der Waals surface area contributed by atoms with E-state index in [1.807, 2.05) is 18.7 Å². The molecule has 0 saturated carbocycles. The van der Waals surface area contributed by atoms with Gasteiger partial charge in [0.2, 0.25) is 5.91 Å². The third-order valence-corrected chi connectivity index (χ3v) is 2.16. The Kier molecular flexibility index (Phi) is 3.69. The van der Waals surface area contributed by atoms with Gasteiger partial charge in [-0.2, -0.15) is 0 Å². The topological polar surface area (TPSA) is 55.6 Å². The average molecular weight is 186 g/mol. The summed E-state index contributed by atoms with van der Waals surface area (Å²) >= 11 is 0. The van der Waals surface area contributed by atoms with E-state index in [2.05, 4.69) is 0 Å². The van der Waals surface area contributed by atoms with Crippen LogP contribution < -0.4 is 5.73 Å². The molecule has 2 N–H and O–H groups in total. The van der Waals surface area contributed by atoms with Gasteiger partial charge in [-0.15, -0.1) is 0 Å². The lowest BCUT2D eigenvalue weighted by Crippen LogP contribution is -2.45. The summed E-state index contributed by atoms with van der Waals surface area (Å²) in [5.41, 5.74) is 5.66. The largest absolute Gasteiger partial charge is 0.379 e. The first kappa shape index (κ1) is 10.5. The van der Waals surface area contributed by atoms with E-state index in [1.54, 1.807) is 0 Å². The molecule has 0 bridgehead atoms. The van der Waals surface area contributed by atoms with Gasteiger partial charge in [0.15, 0.2) is 0 Å². The van der Waals surface area contributed by atoms with Crippen molar-refractivity contribution in [1.29, 1.82) is 0 Å². The van der Waals surface area contributed by atoms with Crippen molar-refractivity contribution < 1.29 is 9.53 Å². The molecule has 1 aliphatic rings. The second-order valence-corrected chi connectivity index (χ2v) is 3.70. The molecule has 0 radical (unpaired) electrons. The SMILES string of the molecule is CC(N)CN1C(=O)CCOCC1C. The molecule has 76 valence electrons. The summed E-state index contributed by atoms with van der Waals surface area (Å²) in [7, 11) is 0. The lowest BCUT2D eigenvalue weighted by molar-refractivity contribution is -0.132. The fourth-order valence-corrected chi connectivity index (χ4v) is 1.48. The van der Waals surface area contributed by atoms with E-state index in [1.165, 1.54) is 0 Å². The van der Waals surface area contributed by atoms with E-state index < -0.39 is 0 Å². The van der Waals surface area contributed by atoms with Crippen molar-refractivity contribution >= 4 is 5.91 Å². The molecule has 2 atom stereocenters. The van der Waals surface area contributed by atoms with Crippen LogP contribution in [-0.2, 0) is 9.53 Å². The van der Waals surface area contributed by atoms with Crippen LogP contribution in [0.15, 0.2) is 0 Å². The molecule has 0 aromatic rings. The molecular weight excluding hydrogens is 168 g/mol. The molecule has 1 saturated heterocycles. The third-order valence-electron chi connectivity index (χ3n) is 2.16. The first-order valence-electron chi connectivity index (χ1n) is 4.74. The van der Waals surface area contributed by atoms with Crippen molar-refractivity contribution in [3.05, 3.63) is 0 Å². The molecule has 13 heavy (non-hydrogen) atoms. The molecule has 4 nitrogen and oxygen atoms in total. The summed E-state index contributed by atoms with van der Waals surface area (Å²) in [4.78, 5) is 13.4. The maximum Gasteiger partial charge on any atom is 0.225 e. The first-order chi connectivity index (χ1) is 6.11. The normalized spacial score (nSPS) is 27.2. The molecule has 1 rings (SSSR count). The summed E-state index contributed by atoms with van der Waals surface area (Å²) in [6.07, 6.45) is 0.483. The molecule has 0 aliphatic carbocycles. The van der Waals surface area contributed by atoms with Crippen LogP contribution in [0, 0.1) is 0 Å². The summed E-state index contributed by atoms with van der Waals surface area (Å²) in [5, 5.41) is 0. The number of ether oxygens (including phenoxy) is 1. The highest BCUT2D eigenvalue weighted by Gasteiger charge is 2.23. The third kappa shape index (κ3) is 2.97. The van der Waals surface area contributed by atoms with Gasteiger partial charge in [-0.25, -0.2) is 0 Å². The Hall–Kier alpha value is -0.610. The van der Waals surface area contributed by atoms with Crippen LogP contribution in [0.2, 0.25) is 0 Å². The standard InChI is InChI=1S/C9H18N2O2/c1-7(10)5-11-8(2)6-13-4-3-9(11)12/h7-8H,3-6,10H2,1-2H3. The fraction of sp³-hybridized carbons (Fsp3) is 0.889. The predicted octanol–water partition coefficient (Wildman–Crippen LogP) is -0.0290. The molecule has 1 fully saturated rings. The number of carbonyl (C=O) groups excluding carboxylic acids is 1. The van der Waals surface area contributed by atoms with E-state index in [4.69, 9.17) is 10.5 Å². The summed E-state index contributed by atoms with van der Waals surface area (Å²) in [5.74, 6) is 0.155. The highest BCUT2D eigenvalue weighted by atomic mass is 16.5. The first-order valence-corrected chi connectivity index (χ1v) is 4.74. The van der Waals surface area contributed by atoms with Gasteiger partial charge in [-0.1, -0.05) is 0 Å². The quantitative estimate of drug-likeness (QED) is 0.659. The molecule has 4 heteroatoms. The fourth-order valence-electron chi connectivity index (χ4n) is 1.48. The summed E-state index contributed by atoms with van der Waals surface area (Å²) in [6, 6.07) is 0.186. The number of nitrogens with two attached hydrogens (primary N) is 1. The smallest absolute Gasteiger partial charge is 0.225 e. The summed E-state index contributed by atoms with van der Waals surface area (Å²) < 4.78 is 5.29. The van der Waals surface area contributed by atoms with Gasteiger partial charge in [0.05, 0.1) is 25.7 Å². The Balaban J connectivity index is 2.58. The Bertz CT molecular complexity index is 182. The molecule has 2 unspecified atom stereocenters. The number of nitrogens with zero attached hydrogens (tertiary/aromatic N) is 1. The van der Waals surface area contributed by atoms with Crippen molar-refractivity contribution in [2.24, 2.45) is 5.73 Å². The van der Waals surface area contributed by atoms with Gasteiger partial charge in [-0.3, -0.25) is 4.79 Å². The predicted molar refractivity (Wildman–Crippen MR) is 50.3 cm³/mol. The van der Waals surface area contributed by atoms with Crippen molar-refractivity contribution in [3.8, 4) is 0 Å². The monoisotopic (exact) mass is 186 g/mol. The highest BCUT2D eigenvalue weighted by Crippen LogP contribution is 2.08. The lowest BCUT2D eigenvalue weighted by atomic mass is 10.2. The van der Waals surface area contributed by atoms with Crippen molar-refractivity contribution in [2.45, 2.75) is 32.4 Å². The molecule has 0 aromatic heterocycles. The molecule has 1 amide bonds. The number of rotatable bonds is 2. The Morgan fingerprint density at radius 1 is 1.77 bits per heavy atom. The van der Waals surface area contributed by atoms with Crippen LogP contribution >= 0.6 is 0 Å². The lowest BCUT2D eigenvalue weighted by Gasteiger charge is -2.28.